The topological polar surface area (TPSA) is 27.3 Å². The number of rotatable bonds is 1. The van der Waals surface area contributed by atoms with E-state index in [9.17, 15) is 0 Å². The van der Waals surface area contributed by atoms with Crippen LogP contribution >= 0.6 is 0 Å². The lowest BCUT2D eigenvalue weighted by molar-refractivity contribution is 0.272. The van der Waals surface area contributed by atoms with Crippen LogP contribution < -0.4 is 4.74 Å². The summed E-state index contributed by atoms with van der Waals surface area (Å²) < 4.78 is 15.1. The molecule has 0 N–H and O–H groups in total. The van der Waals surface area contributed by atoms with Crippen molar-refractivity contribution in [3.63, 3.8) is 0 Å². The van der Waals surface area contributed by atoms with E-state index in [2.05, 4.69) is 66.1 Å². The Balaban J connectivity index is 1.55. The molecule has 29 heavy (non-hydrogen) atoms. The van der Waals surface area contributed by atoms with Crippen molar-refractivity contribution in [3.05, 3.63) is 76.8 Å². The Bertz CT molecular complexity index is 1350. The molecule has 2 aromatic carbocycles. The van der Waals surface area contributed by atoms with Gasteiger partial charge in [0.1, 0.15) is 23.2 Å². The van der Waals surface area contributed by atoms with E-state index < -0.39 is 0 Å². The summed E-state index contributed by atoms with van der Waals surface area (Å²) in [5.41, 5.74) is 10.5. The lowest BCUT2D eigenvalue weighted by Crippen LogP contribution is -2.21. The average molecular weight is 379 g/mol. The van der Waals surface area contributed by atoms with Crippen LogP contribution in [0, 0.1) is 0 Å². The number of aromatic nitrogens is 1. The Morgan fingerprint density at radius 3 is 2.76 bits per heavy atom. The number of furan rings is 1. The molecule has 1 aliphatic heterocycles. The Labute approximate surface area is 169 Å². The van der Waals surface area contributed by atoms with Crippen LogP contribution in [-0.4, -0.2) is 10.7 Å². The molecule has 0 saturated carbocycles. The minimum Gasteiger partial charge on any atom is -0.485 e. The molecular formula is C26H21NO2. The largest absolute Gasteiger partial charge is 0.485 e. The maximum atomic E-state index is 6.32. The zero-order valence-corrected chi connectivity index (χ0v) is 16.4. The summed E-state index contributed by atoms with van der Waals surface area (Å²) in [6.45, 7) is 3.25. The first-order valence-electron chi connectivity index (χ1n) is 10.6. The van der Waals surface area contributed by atoms with Crippen molar-refractivity contribution in [2.45, 2.75) is 38.8 Å². The van der Waals surface area contributed by atoms with Gasteiger partial charge < -0.3 is 13.7 Å². The third-order valence-corrected chi connectivity index (χ3v) is 6.84. The molecule has 2 aliphatic carbocycles. The smallest absolute Gasteiger partial charge is 0.134 e. The molecule has 3 heterocycles. The quantitative estimate of drug-likeness (QED) is 0.413. The molecule has 3 heteroatoms. The fraction of sp³-hybridized carbons (Fsp3) is 0.231. The van der Waals surface area contributed by atoms with Crippen LogP contribution in [0.3, 0.4) is 0 Å². The second-order valence-corrected chi connectivity index (χ2v) is 8.23. The minimum absolute atomic E-state index is 0.127. The van der Waals surface area contributed by atoms with Gasteiger partial charge >= 0.3 is 0 Å². The highest BCUT2D eigenvalue weighted by molar-refractivity contribution is 6.03. The summed E-state index contributed by atoms with van der Waals surface area (Å²) in [7, 11) is 0. The molecule has 1 unspecified atom stereocenters. The van der Waals surface area contributed by atoms with Crippen molar-refractivity contribution >= 4 is 22.6 Å². The van der Waals surface area contributed by atoms with Gasteiger partial charge in [-0.2, -0.15) is 0 Å². The molecule has 0 radical (unpaired) electrons. The highest BCUT2D eigenvalue weighted by Gasteiger charge is 2.38. The van der Waals surface area contributed by atoms with Gasteiger partial charge in [0, 0.05) is 64.0 Å². The summed E-state index contributed by atoms with van der Waals surface area (Å²) in [5.74, 6) is 2.15. The Morgan fingerprint density at radius 2 is 1.83 bits per heavy atom. The SMILES string of the molecule is CCn1c2c(c3c1CCc1oc4ccccc4c1-3)C=C1c3ccccc3OC1C2. The van der Waals surface area contributed by atoms with Gasteiger partial charge in [-0.05, 0) is 31.6 Å². The molecule has 7 rings (SSSR count). The first-order valence-corrected chi connectivity index (χ1v) is 10.6. The molecule has 0 bridgehead atoms. The molecule has 1 atom stereocenters. The lowest BCUT2D eigenvalue weighted by atomic mass is 9.85. The number of ether oxygens (including phenoxy) is 1. The standard InChI is InChI=1S/C26H21NO2/c1-2-27-19-11-12-23-26(16-8-4-6-10-22(16)28-23)25(19)18-13-17-15-7-3-5-9-21(15)29-24(17)14-20(18)27/h3-10,13,24H,2,11-12,14H2,1H3. The fourth-order valence-electron chi connectivity index (χ4n) is 5.67. The summed E-state index contributed by atoms with van der Waals surface area (Å²) in [6, 6.07) is 16.9. The summed E-state index contributed by atoms with van der Waals surface area (Å²) in [5, 5.41) is 1.24. The molecule has 0 saturated heterocycles. The number of nitrogens with zero attached hydrogens (tertiary/aromatic N) is 1. The molecule has 0 amide bonds. The summed E-state index contributed by atoms with van der Waals surface area (Å²) in [4.78, 5) is 0. The van der Waals surface area contributed by atoms with Gasteiger partial charge in [0.2, 0.25) is 0 Å². The van der Waals surface area contributed by atoms with Crippen LogP contribution in [0.25, 0.3) is 33.7 Å². The predicted octanol–water partition coefficient (Wildman–Crippen LogP) is 5.88. The van der Waals surface area contributed by atoms with E-state index in [1.165, 1.54) is 44.6 Å². The van der Waals surface area contributed by atoms with Crippen LogP contribution in [-0.2, 0) is 25.8 Å². The van der Waals surface area contributed by atoms with Gasteiger partial charge in [0.15, 0.2) is 0 Å². The molecule has 0 fully saturated rings. The molecule has 142 valence electrons. The molecule has 3 aliphatic rings. The monoisotopic (exact) mass is 379 g/mol. The van der Waals surface area contributed by atoms with E-state index in [-0.39, 0.29) is 6.10 Å². The van der Waals surface area contributed by atoms with Gasteiger partial charge in [-0.15, -0.1) is 0 Å². The van der Waals surface area contributed by atoms with Gasteiger partial charge in [-0.3, -0.25) is 0 Å². The molecule has 4 aromatic rings. The predicted molar refractivity (Wildman–Crippen MR) is 115 cm³/mol. The number of hydrogen-bond donors (Lipinski definition) is 0. The summed E-state index contributed by atoms with van der Waals surface area (Å²) >= 11 is 0. The van der Waals surface area contributed by atoms with Crippen LogP contribution in [0.1, 0.15) is 35.2 Å². The Hall–Kier alpha value is -3.20. The average Bonchev–Trinajstić information content (AvgIpc) is 3.40. The number of para-hydroxylation sites is 2. The van der Waals surface area contributed by atoms with E-state index in [1.807, 2.05) is 0 Å². The Morgan fingerprint density at radius 1 is 0.966 bits per heavy atom. The van der Waals surface area contributed by atoms with Crippen LogP contribution in [0.4, 0.5) is 0 Å². The Kier molecular flexibility index (Phi) is 2.95. The third kappa shape index (κ3) is 1.93. The van der Waals surface area contributed by atoms with Crippen molar-refractivity contribution in [1.29, 1.82) is 0 Å². The third-order valence-electron chi connectivity index (χ3n) is 6.84. The van der Waals surface area contributed by atoms with Crippen molar-refractivity contribution in [2.24, 2.45) is 0 Å². The molecular weight excluding hydrogens is 358 g/mol. The summed E-state index contributed by atoms with van der Waals surface area (Å²) in [6.07, 6.45) is 5.47. The molecule has 0 spiro atoms. The lowest BCUT2D eigenvalue weighted by Gasteiger charge is -2.20. The van der Waals surface area contributed by atoms with E-state index in [4.69, 9.17) is 9.15 Å². The first-order chi connectivity index (χ1) is 14.3. The zero-order chi connectivity index (χ0) is 19.1. The zero-order valence-electron chi connectivity index (χ0n) is 16.4. The van der Waals surface area contributed by atoms with E-state index in [0.717, 1.165) is 42.9 Å². The normalized spacial score (nSPS) is 18.4. The maximum Gasteiger partial charge on any atom is 0.134 e. The number of hydrogen-bond acceptors (Lipinski definition) is 2. The van der Waals surface area contributed by atoms with Crippen molar-refractivity contribution < 1.29 is 9.15 Å². The second kappa shape index (κ2) is 5.44. The van der Waals surface area contributed by atoms with E-state index in [1.54, 1.807) is 0 Å². The highest BCUT2D eigenvalue weighted by atomic mass is 16.5. The van der Waals surface area contributed by atoms with Crippen LogP contribution in [0.2, 0.25) is 0 Å². The van der Waals surface area contributed by atoms with E-state index >= 15 is 0 Å². The van der Waals surface area contributed by atoms with Gasteiger partial charge in [0.25, 0.3) is 0 Å². The van der Waals surface area contributed by atoms with Gasteiger partial charge in [0.05, 0.1) is 0 Å². The minimum atomic E-state index is 0.127. The number of aryl methyl sites for hydroxylation is 1. The highest BCUT2D eigenvalue weighted by Crippen LogP contribution is 2.50. The van der Waals surface area contributed by atoms with Crippen molar-refractivity contribution in [1.82, 2.24) is 4.57 Å². The molecule has 2 aromatic heterocycles. The van der Waals surface area contributed by atoms with Gasteiger partial charge in [-0.1, -0.05) is 36.4 Å². The van der Waals surface area contributed by atoms with Gasteiger partial charge in [-0.25, -0.2) is 0 Å². The second-order valence-electron chi connectivity index (χ2n) is 8.23. The molecule has 3 nitrogen and oxygen atoms in total. The van der Waals surface area contributed by atoms with Crippen LogP contribution in [0.5, 0.6) is 5.75 Å². The van der Waals surface area contributed by atoms with Crippen molar-refractivity contribution in [3.8, 4) is 16.9 Å². The first kappa shape index (κ1) is 15.7. The number of benzene rings is 2. The van der Waals surface area contributed by atoms with Crippen LogP contribution in [0.15, 0.2) is 52.9 Å². The fourth-order valence-corrected chi connectivity index (χ4v) is 5.67. The number of fused-ring (bicyclic) bond motifs is 10. The van der Waals surface area contributed by atoms with Crippen molar-refractivity contribution in [2.75, 3.05) is 0 Å². The maximum absolute atomic E-state index is 6.32. The van der Waals surface area contributed by atoms with E-state index in [0.29, 0.717) is 0 Å².